The molecular weight excluding hydrogens is 422 g/mol. The molecule has 0 saturated carbocycles. The smallest absolute Gasteiger partial charge is 0.251 e. The molecule has 34 heavy (non-hydrogen) atoms. The van der Waals surface area contributed by atoms with Gasteiger partial charge < -0.3 is 15.5 Å². The van der Waals surface area contributed by atoms with Gasteiger partial charge in [0.1, 0.15) is 5.82 Å². The lowest BCUT2D eigenvalue weighted by Crippen LogP contribution is -2.23. The van der Waals surface area contributed by atoms with Crippen molar-refractivity contribution in [2.45, 2.75) is 20.4 Å². The van der Waals surface area contributed by atoms with Crippen molar-refractivity contribution in [3.8, 4) is 11.4 Å². The van der Waals surface area contributed by atoms with Crippen LogP contribution < -0.4 is 15.5 Å². The van der Waals surface area contributed by atoms with Gasteiger partial charge in [0, 0.05) is 48.3 Å². The van der Waals surface area contributed by atoms with Gasteiger partial charge in [-0.15, -0.1) is 0 Å². The molecule has 3 aromatic carbocycles. The van der Waals surface area contributed by atoms with E-state index >= 15 is 0 Å². The Bertz CT molecular complexity index is 1200. The minimum atomic E-state index is -0.104. The fraction of sp³-hybridized carbons (Fsp3) is 0.179. The summed E-state index contributed by atoms with van der Waals surface area (Å²) in [5, 5.41) is 6.27. The van der Waals surface area contributed by atoms with Crippen LogP contribution in [-0.4, -0.2) is 29.0 Å². The van der Waals surface area contributed by atoms with E-state index in [2.05, 4.69) is 63.6 Å². The van der Waals surface area contributed by atoms with Crippen molar-refractivity contribution < 1.29 is 4.79 Å². The highest BCUT2D eigenvalue weighted by atomic mass is 16.1. The zero-order valence-corrected chi connectivity index (χ0v) is 19.5. The van der Waals surface area contributed by atoms with Crippen molar-refractivity contribution in [2.24, 2.45) is 0 Å². The number of anilines is 3. The molecule has 0 aliphatic rings. The predicted molar refractivity (Wildman–Crippen MR) is 138 cm³/mol. The Morgan fingerprint density at radius 2 is 1.56 bits per heavy atom. The van der Waals surface area contributed by atoms with Crippen molar-refractivity contribution in [3.05, 3.63) is 102 Å². The first kappa shape index (κ1) is 23.0. The Hall–Kier alpha value is -4.19. The van der Waals surface area contributed by atoms with Crippen molar-refractivity contribution in [1.82, 2.24) is 15.3 Å². The van der Waals surface area contributed by atoms with Crippen molar-refractivity contribution in [2.75, 3.05) is 23.3 Å². The fourth-order valence-corrected chi connectivity index (χ4v) is 3.71. The first-order valence-electron chi connectivity index (χ1n) is 11.5. The number of aromatic nitrogens is 2. The van der Waals surface area contributed by atoms with E-state index in [1.807, 2.05) is 48.5 Å². The van der Waals surface area contributed by atoms with Crippen LogP contribution in [0.15, 0.2) is 91.1 Å². The van der Waals surface area contributed by atoms with E-state index in [0.717, 1.165) is 29.9 Å². The number of nitrogens with zero attached hydrogens (tertiary/aromatic N) is 3. The molecule has 172 valence electrons. The second kappa shape index (κ2) is 11.1. The van der Waals surface area contributed by atoms with Crippen LogP contribution in [0.2, 0.25) is 0 Å². The number of carbonyl (C=O) groups excluding carboxylic acids is 1. The number of amides is 1. The number of hydrogen-bond donors (Lipinski definition) is 2. The average Bonchev–Trinajstić information content (AvgIpc) is 2.90. The molecule has 0 fully saturated rings. The first-order chi connectivity index (χ1) is 16.7. The third kappa shape index (κ3) is 5.78. The summed E-state index contributed by atoms with van der Waals surface area (Å²) in [4.78, 5) is 23.8. The van der Waals surface area contributed by atoms with E-state index in [-0.39, 0.29) is 5.91 Å². The Labute approximate surface area is 200 Å². The van der Waals surface area contributed by atoms with Gasteiger partial charge in [-0.3, -0.25) is 4.79 Å². The first-order valence-corrected chi connectivity index (χ1v) is 11.5. The molecule has 4 rings (SSSR count). The number of nitrogens with one attached hydrogen (secondary N) is 2. The maximum atomic E-state index is 12.6. The van der Waals surface area contributed by atoms with Crippen molar-refractivity contribution in [1.29, 1.82) is 0 Å². The summed E-state index contributed by atoms with van der Waals surface area (Å²) in [6.07, 6.45) is 1.73. The van der Waals surface area contributed by atoms with E-state index in [1.54, 1.807) is 18.3 Å². The molecule has 0 bridgehead atoms. The van der Waals surface area contributed by atoms with E-state index in [4.69, 9.17) is 0 Å². The third-order valence-electron chi connectivity index (χ3n) is 5.63. The summed E-state index contributed by atoms with van der Waals surface area (Å²) >= 11 is 0. The molecule has 0 radical (unpaired) electrons. The molecule has 1 heterocycles. The number of rotatable bonds is 9. The molecule has 4 aromatic rings. The second-order valence-electron chi connectivity index (χ2n) is 7.86. The van der Waals surface area contributed by atoms with Gasteiger partial charge in [-0.2, -0.15) is 0 Å². The highest BCUT2D eigenvalue weighted by Gasteiger charge is 2.07. The predicted octanol–water partition coefficient (Wildman–Crippen LogP) is 5.66. The van der Waals surface area contributed by atoms with E-state index in [9.17, 15) is 4.79 Å². The molecule has 2 N–H and O–H groups in total. The lowest BCUT2D eigenvalue weighted by Gasteiger charge is -2.21. The van der Waals surface area contributed by atoms with Gasteiger partial charge in [-0.1, -0.05) is 42.5 Å². The largest absolute Gasteiger partial charge is 0.372 e. The summed E-state index contributed by atoms with van der Waals surface area (Å²) in [6, 6.07) is 27.4. The highest BCUT2D eigenvalue weighted by Crippen LogP contribution is 2.19. The maximum Gasteiger partial charge on any atom is 0.251 e. The maximum absolute atomic E-state index is 12.6. The van der Waals surface area contributed by atoms with Crippen LogP contribution in [0.25, 0.3) is 11.4 Å². The summed E-state index contributed by atoms with van der Waals surface area (Å²) in [6.45, 7) is 6.73. The monoisotopic (exact) mass is 451 g/mol. The quantitative estimate of drug-likeness (QED) is 0.343. The average molecular weight is 452 g/mol. The van der Waals surface area contributed by atoms with Gasteiger partial charge >= 0.3 is 0 Å². The molecule has 1 amide bonds. The van der Waals surface area contributed by atoms with Crippen LogP contribution in [-0.2, 0) is 6.54 Å². The van der Waals surface area contributed by atoms with E-state index in [0.29, 0.717) is 23.8 Å². The molecule has 0 unspecified atom stereocenters. The molecule has 0 aliphatic carbocycles. The standard InChI is InChI=1S/C28H29N5O/c1-3-33(4-2)25-16-10-21(11-17-25)20-30-28(34)23-12-14-24(15-13-23)31-26-18-19-29-27(32-26)22-8-6-5-7-9-22/h5-19H,3-4,20H2,1-2H3,(H,30,34)(H,29,31,32). The lowest BCUT2D eigenvalue weighted by molar-refractivity contribution is 0.0951. The zero-order valence-electron chi connectivity index (χ0n) is 19.5. The normalized spacial score (nSPS) is 10.5. The van der Waals surface area contributed by atoms with Crippen LogP contribution in [0.1, 0.15) is 29.8 Å². The summed E-state index contributed by atoms with van der Waals surface area (Å²) in [5.41, 5.74) is 4.68. The van der Waals surface area contributed by atoms with Crippen LogP contribution in [0.4, 0.5) is 17.2 Å². The SMILES string of the molecule is CCN(CC)c1ccc(CNC(=O)c2ccc(Nc3ccnc(-c4ccccc4)n3)cc2)cc1. The van der Waals surface area contributed by atoms with Crippen LogP contribution in [0.5, 0.6) is 0 Å². The molecule has 6 heteroatoms. The molecule has 1 aromatic heterocycles. The van der Waals surface area contributed by atoms with Crippen LogP contribution in [0, 0.1) is 0 Å². The van der Waals surface area contributed by atoms with Crippen molar-refractivity contribution in [3.63, 3.8) is 0 Å². The van der Waals surface area contributed by atoms with Crippen LogP contribution >= 0.6 is 0 Å². The third-order valence-corrected chi connectivity index (χ3v) is 5.63. The molecule has 0 aliphatic heterocycles. The minimum absolute atomic E-state index is 0.104. The van der Waals surface area contributed by atoms with Gasteiger partial charge in [0.15, 0.2) is 5.82 Å². The molecule has 0 spiro atoms. The minimum Gasteiger partial charge on any atom is -0.372 e. The summed E-state index contributed by atoms with van der Waals surface area (Å²) < 4.78 is 0. The number of benzene rings is 3. The Morgan fingerprint density at radius 1 is 0.853 bits per heavy atom. The highest BCUT2D eigenvalue weighted by molar-refractivity contribution is 5.94. The lowest BCUT2D eigenvalue weighted by atomic mass is 10.1. The van der Waals surface area contributed by atoms with E-state index < -0.39 is 0 Å². The van der Waals surface area contributed by atoms with Crippen LogP contribution in [0.3, 0.4) is 0 Å². The Balaban J connectivity index is 1.34. The Morgan fingerprint density at radius 3 is 2.24 bits per heavy atom. The molecular formula is C28H29N5O. The Kier molecular flexibility index (Phi) is 7.50. The van der Waals surface area contributed by atoms with Gasteiger partial charge in [0.25, 0.3) is 5.91 Å². The molecule has 0 saturated heterocycles. The fourth-order valence-electron chi connectivity index (χ4n) is 3.71. The van der Waals surface area contributed by atoms with Gasteiger partial charge in [0.2, 0.25) is 0 Å². The molecule has 6 nitrogen and oxygen atoms in total. The summed E-state index contributed by atoms with van der Waals surface area (Å²) in [7, 11) is 0. The zero-order chi connectivity index (χ0) is 23.8. The number of hydrogen-bond acceptors (Lipinski definition) is 5. The molecule has 0 atom stereocenters. The van der Waals surface area contributed by atoms with Gasteiger partial charge in [0.05, 0.1) is 0 Å². The van der Waals surface area contributed by atoms with Gasteiger partial charge in [-0.25, -0.2) is 9.97 Å². The topological polar surface area (TPSA) is 70.2 Å². The summed E-state index contributed by atoms with van der Waals surface area (Å²) in [5.74, 6) is 1.25. The van der Waals surface area contributed by atoms with Crippen molar-refractivity contribution >= 4 is 23.1 Å². The second-order valence-corrected chi connectivity index (χ2v) is 7.86. The number of carbonyl (C=O) groups is 1. The van der Waals surface area contributed by atoms with Gasteiger partial charge in [-0.05, 0) is 61.9 Å². The van der Waals surface area contributed by atoms with E-state index in [1.165, 1.54) is 5.69 Å².